The lowest BCUT2D eigenvalue weighted by molar-refractivity contribution is 0.311. The largest absolute Gasteiger partial charge is 0.493 e. The molecular formula is C17H24IN3O2S. The molecule has 1 aromatic carbocycles. The second kappa shape index (κ2) is 11.1. The first kappa shape index (κ1) is 20.6. The minimum atomic E-state index is 0. The summed E-state index contributed by atoms with van der Waals surface area (Å²) in [6.07, 6.45) is 0.969. The summed E-state index contributed by atoms with van der Waals surface area (Å²) in [5.41, 5.74) is 2.23. The van der Waals surface area contributed by atoms with Crippen molar-refractivity contribution >= 4 is 47.0 Å². The number of benzene rings is 1. The van der Waals surface area contributed by atoms with E-state index in [1.54, 1.807) is 25.5 Å². The molecule has 2 N–H and O–H groups in total. The Morgan fingerprint density at radius 2 is 2.08 bits per heavy atom. The van der Waals surface area contributed by atoms with Crippen molar-refractivity contribution in [1.82, 2.24) is 5.32 Å². The summed E-state index contributed by atoms with van der Waals surface area (Å²) in [7, 11) is 3.39. The van der Waals surface area contributed by atoms with Crippen LogP contribution in [0.1, 0.15) is 12.5 Å². The maximum atomic E-state index is 5.52. The highest BCUT2D eigenvalue weighted by Crippen LogP contribution is 2.30. The Morgan fingerprint density at radius 1 is 1.25 bits per heavy atom. The fraction of sp³-hybridized carbons (Fsp3) is 0.353. The fourth-order valence-corrected chi connectivity index (χ4v) is 2.80. The van der Waals surface area contributed by atoms with Crippen LogP contribution in [0.4, 0.5) is 5.69 Å². The summed E-state index contributed by atoms with van der Waals surface area (Å²) >= 11 is 1.72. The number of nitrogens with one attached hydrogen (secondary N) is 2. The van der Waals surface area contributed by atoms with Crippen LogP contribution in [-0.4, -0.2) is 33.3 Å². The van der Waals surface area contributed by atoms with Gasteiger partial charge in [-0.15, -0.1) is 24.0 Å². The lowest BCUT2D eigenvalue weighted by Gasteiger charge is -2.14. The first-order chi connectivity index (χ1) is 11.3. The van der Waals surface area contributed by atoms with Gasteiger partial charge in [-0.1, -0.05) is 0 Å². The number of methoxy groups -OCH3 is 1. The molecule has 24 heavy (non-hydrogen) atoms. The van der Waals surface area contributed by atoms with Crippen LogP contribution >= 0.6 is 35.3 Å². The normalized spacial score (nSPS) is 10.7. The fourth-order valence-electron chi connectivity index (χ4n) is 2.10. The van der Waals surface area contributed by atoms with Crippen LogP contribution in [0.25, 0.3) is 0 Å². The van der Waals surface area contributed by atoms with Crippen molar-refractivity contribution in [2.45, 2.75) is 13.3 Å². The number of hydrogen-bond donors (Lipinski definition) is 2. The van der Waals surface area contributed by atoms with Crippen LogP contribution in [0.2, 0.25) is 0 Å². The number of nitrogens with zero attached hydrogens (tertiary/aromatic N) is 1. The van der Waals surface area contributed by atoms with Gasteiger partial charge in [0.2, 0.25) is 0 Å². The molecule has 0 aliphatic carbocycles. The molecule has 132 valence electrons. The number of thiophene rings is 1. The predicted molar refractivity (Wildman–Crippen MR) is 113 cm³/mol. The van der Waals surface area contributed by atoms with Gasteiger partial charge in [0.05, 0.1) is 13.7 Å². The Bertz CT molecular complexity index is 633. The molecule has 0 bridgehead atoms. The molecule has 1 heterocycles. The molecule has 0 saturated heterocycles. The second-order valence-electron chi connectivity index (χ2n) is 4.80. The summed E-state index contributed by atoms with van der Waals surface area (Å²) in [5, 5.41) is 10.8. The third kappa shape index (κ3) is 6.20. The molecule has 0 aliphatic rings. The lowest BCUT2D eigenvalue weighted by atomic mass is 10.2. The zero-order chi connectivity index (χ0) is 16.5. The molecule has 0 spiro atoms. The molecule has 0 atom stereocenters. The van der Waals surface area contributed by atoms with E-state index in [-0.39, 0.29) is 24.0 Å². The number of guanidine groups is 1. The van der Waals surface area contributed by atoms with Gasteiger partial charge in [0, 0.05) is 25.3 Å². The molecule has 2 aromatic rings. The van der Waals surface area contributed by atoms with Gasteiger partial charge >= 0.3 is 0 Å². The van der Waals surface area contributed by atoms with E-state index in [1.165, 1.54) is 5.56 Å². The second-order valence-corrected chi connectivity index (χ2v) is 5.58. The van der Waals surface area contributed by atoms with E-state index in [1.807, 2.05) is 25.1 Å². The summed E-state index contributed by atoms with van der Waals surface area (Å²) < 4.78 is 10.9. The van der Waals surface area contributed by atoms with E-state index >= 15 is 0 Å². The Hall–Kier alpha value is -1.48. The zero-order valence-corrected chi connectivity index (χ0v) is 17.3. The van der Waals surface area contributed by atoms with Crippen LogP contribution < -0.4 is 20.1 Å². The van der Waals surface area contributed by atoms with E-state index < -0.39 is 0 Å². The van der Waals surface area contributed by atoms with Gasteiger partial charge in [-0.2, -0.15) is 11.3 Å². The SMILES string of the molecule is CCOc1ccc(NC(=NC)NCCc2ccsc2)cc1OC.I. The van der Waals surface area contributed by atoms with Crippen molar-refractivity contribution < 1.29 is 9.47 Å². The average molecular weight is 461 g/mol. The van der Waals surface area contributed by atoms with Gasteiger partial charge < -0.3 is 20.1 Å². The van der Waals surface area contributed by atoms with Gasteiger partial charge in [-0.05, 0) is 47.9 Å². The predicted octanol–water partition coefficient (Wildman–Crippen LogP) is 4.00. The standard InChI is InChI=1S/C17H23N3O2S.HI/c1-4-22-15-6-5-14(11-16(15)21-3)20-17(18-2)19-9-7-13-8-10-23-12-13;/h5-6,8,10-12H,4,7,9H2,1-3H3,(H2,18,19,20);1H. The van der Waals surface area contributed by atoms with Crippen LogP contribution in [0, 0.1) is 0 Å². The summed E-state index contributed by atoms with van der Waals surface area (Å²) in [5.74, 6) is 2.16. The monoisotopic (exact) mass is 461 g/mol. The van der Waals surface area contributed by atoms with Gasteiger partial charge in [-0.3, -0.25) is 4.99 Å². The molecule has 1 aromatic heterocycles. The van der Waals surface area contributed by atoms with Crippen molar-refractivity contribution in [2.24, 2.45) is 4.99 Å². The quantitative estimate of drug-likeness (QED) is 0.372. The van der Waals surface area contributed by atoms with Gasteiger partial charge in [0.15, 0.2) is 17.5 Å². The molecule has 0 amide bonds. The third-order valence-corrected chi connectivity index (χ3v) is 3.97. The van der Waals surface area contributed by atoms with Crippen LogP contribution in [0.5, 0.6) is 11.5 Å². The van der Waals surface area contributed by atoms with Crippen molar-refractivity contribution in [2.75, 3.05) is 32.6 Å². The molecule has 7 heteroatoms. The Morgan fingerprint density at radius 3 is 2.71 bits per heavy atom. The third-order valence-electron chi connectivity index (χ3n) is 3.24. The Kier molecular flexibility index (Phi) is 9.55. The number of ether oxygens (including phenoxy) is 2. The number of anilines is 1. The lowest BCUT2D eigenvalue weighted by Crippen LogP contribution is -2.32. The molecule has 0 unspecified atom stereocenters. The highest BCUT2D eigenvalue weighted by Gasteiger charge is 2.06. The van der Waals surface area contributed by atoms with E-state index in [4.69, 9.17) is 9.47 Å². The van der Waals surface area contributed by atoms with Crippen LogP contribution in [0.3, 0.4) is 0 Å². The molecule has 5 nitrogen and oxygen atoms in total. The van der Waals surface area contributed by atoms with Crippen molar-refractivity contribution in [3.63, 3.8) is 0 Å². The van der Waals surface area contributed by atoms with Crippen LogP contribution in [0.15, 0.2) is 40.0 Å². The number of rotatable bonds is 7. The molecule has 0 saturated carbocycles. The molecule has 0 fully saturated rings. The molecule has 2 rings (SSSR count). The van der Waals surface area contributed by atoms with E-state index in [9.17, 15) is 0 Å². The summed E-state index contributed by atoms with van der Waals surface area (Å²) in [4.78, 5) is 4.24. The Balaban J connectivity index is 0.00000288. The minimum absolute atomic E-state index is 0. The first-order valence-corrected chi connectivity index (χ1v) is 8.50. The smallest absolute Gasteiger partial charge is 0.195 e. The number of aliphatic imine (C=N–C) groups is 1. The average Bonchev–Trinajstić information content (AvgIpc) is 3.08. The number of halogens is 1. The first-order valence-electron chi connectivity index (χ1n) is 7.56. The Labute approximate surface area is 164 Å². The van der Waals surface area contributed by atoms with E-state index in [2.05, 4.69) is 32.5 Å². The van der Waals surface area contributed by atoms with Crippen LogP contribution in [-0.2, 0) is 6.42 Å². The number of hydrogen-bond acceptors (Lipinski definition) is 4. The van der Waals surface area contributed by atoms with Crippen molar-refractivity contribution in [3.8, 4) is 11.5 Å². The van der Waals surface area contributed by atoms with Crippen molar-refractivity contribution in [1.29, 1.82) is 0 Å². The van der Waals surface area contributed by atoms with E-state index in [0.29, 0.717) is 12.4 Å². The summed E-state index contributed by atoms with van der Waals surface area (Å²) in [6, 6.07) is 7.87. The highest BCUT2D eigenvalue weighted by molar-refractivity contribution is 14.0. The van der Waals surface area contributed by atoms with Gasteiger partial charge in [-0.25, -0.2) is 0 Å². The zero-order valence-electron chi connectivity index (χ0n) is 14.2. The van der Waals surface area contributed by atoms with Crippen molar-refractivity contribution in [3.05, 3.63) is 40.6 Å². The maximum Gasteiger partial charge on any atom is 0.195 e. The van der Waals surface area contributed by atoms with Gasteiger partial charge in [0.1, 0.15) is 0 Å². The summed E-state index contributed by atoms with van der Waals surface area (Å²) in [6.45, 7) is 3.38. The molecular weight excluding hydrogens is 437 g/mol. The minimum Gasteiger partial charge on any atom is -0.493 e. The topological polar surface area (TPSA) is 54.9 Å². The molecule has 0 aliphatic heterocycles. The highest BCUT2D eigenvalue weighted by atomic mass is 127. The van der Waals surface area contributed by atoms with E-state index in [0.717, 1.165) is 30.4 Å². The van der Waals surface area contributed by atoms with Gasteiger partial charge in [0.25, 0.3) is 0 Å². The maximum absolute atomic E-state index is 5.52. The molecule has 0 radical (unpaired) electrons.